The van der Waals surface area contributed by atoms with E-state index in [4.69, 9.17) is 44.9 Å². The molecule has 0 spiro atoms. The van der Waals surface area contributed by atoms with Crippen molar-refractivity contribution in [2.24, 2.45) is 0 Å². The van der Waals surface area contributed by atoms with Gasteiger partial charge in [-0.05, 0) is 44.1 Å². The van der Waals surface area contributed by atoms with E-state index in [0.717, 1.165) is 31.6 Å². The third-order valence-electron chi connectivity index (χ3n) is 4.09. The fourth-order valence-electron chi connectivity index (χ4n) is 2.71. The first-order chi connectivity index (χ1) is 13.1. The van der Waals surface area contributed by atoms with Gasteiger partial charge in [0.15, 0.2) is 10.9 Å². The molecule has 1 atom stereocenters. The van der Waals surface area contributed by atoms with Crippen LogP contribution in [0.1, 0.15) is 24.1 Å². The van der Waals surface area contributed by atoms with Crippen LogP contribution in [0.5, 0.6) is 11.6 Å². The number of halogens is 5. The van der Waals surface area contributed by atoms with E-state index in [9.17, 15) is 13.2 Å². The van der Waals surface area contributed by atoms with E-state index in [1.54, 1.807) is 13.0 Å². The molecule has 1 aromatic heterocycles. The Balaban J connectivity index is 1.73. The van der Waals surface area contributed by atoms with Crippen LogP contribution in [0.15, 0.2) is 18.2 Å². The quantitative estimate of drug-likeness (QED) is 0.643. The Morgan fingerprint density at radius 1 is 1.36 bits per heavy atom. The lowest BCUT2D eigenvalue weighted by molar-refractivity contribution is -0.137. The maximum absolute atomic E-state index is 12.8. The highest BCUT2D eigenvalue weighted by atomic mass is 35.5. The van der Waals surface area contributed by atoms with Gasteiger partial charge in [-0.1, -0.05) is 23.2 Å². The third-order valence-corrected chi connectivity index (χ3v) is 4.97. The summed E-state index contributed by atoms with van der Waals surface area (Å²) in [6, 6.07) is 3.07. The summed E-state index contributed by atoms with van der Waals surface area (Å²) in [6.45, 7) is 3.06. The summed E-state index contributed by atoms with van der Waals surface area (Å²) in [6.07, 6.45) is -2.47. The minimum absolute atomic E-state index is 0.0994. The van der Waals surface area contributed by atoms with Crippen LogP contribution in [0.2, 0.25) is 10.0 Å². The van der Waals surface area contributed by atoms with Crippen LogP contribution in [-0.4, -0.2) is 34.1 Å². The number of benzene rings is 1. The van der Waals surface area contributed by atoms with Crippen molar-refractivity contribution in [2.45, 2.75) is 32.0 Å². The summed E-state index contributed by atoms with van der Waals surface area (Å²) in [4.78, 5) is 0. The average molecular weight is 454 g/mol. The summed E-state index contributed by atoms with van der Waals surface area (Å²) < 4.78 is 51.0. The second kappa shape index (κ2) is 8.44. The molecule has 0 radical (unpaired) electrons. The Kier molecular flexibility index (Phi) is 6.38. The lowest BCUT2D eigenvalue weighted by Crippen LogP contribution is -2.35. The standard InChI is InChI=1S/C17H16Cl2F3N3O2S/c1-9-5-14(24-25(9)16(28)23-8-11-3-2-4-26-11)27-15-12(18)6-10(7-13(15)19)17(20,21)22/h5-7,11H,2-4,8H2,1H3,(H,23,28). The van der Waals surface area contributed by atoms with Gasteiger partial charge in [0.2, 0.25) is 5.88 Å². The summed E-state index contributed by atoms with van der Waals surface area (Å²) in [5.74, 6) is -0.0125. The minimum Gasteiger partial charge on any atom is -0.434 e. The van der Waals surface area contributed by atoms with Gasteiger partial charge in [0.1, 0.15) is 0 Å². The van der Waals surface area contributed by atoms with E-state index < -0.39 is 11.7 Å². The molecule has 1 aliphatic heterocycles. The fraction of sp³-hybridized carbons (Fsp3) is 0.412. The smallest absolute Gasteiger partial charge is 0.416 e. The highest BCUT2D eigenvalue weighted by Gasteiger charge is 2.32. The molecule has 1 aliphatic rings. The Labute approximate surface area is 174 Å². The fourth-order valence-corrected chi connectivity index (χ4v) is 3.54. The maximum Gasteiger partial charge on any atom is 0.416 e. The molecular formula is C17H16Cl2F3N3O2S. The molecule has 3 rings (SSSR count). The van der Waals surface area contributed by atoms with Crippen LogP contribution in [-0.2, 0) is 10.9 Å². The number of aromatic nitrogens is 2. The molecular weight excluding hydrogens is 438 g/mol. The number of nitrogens with zero attached hydrogens (tertiary/aromatic N) is 2. The molecule has 0 saturated carbocycles. The largest absolute Gasteiger partial charge is 0.434 e. The molecule has 0 bridgehead atoms. The molecule has 0 amide bonds. The summed E-state index contributed by atoms with van der Waals surface area (Å²) >= 11 is 17.2. The van der Waals surface area contributed by atoms with E-state index in [1.165, 1.54) is 4.68 Å². The van der Waals surface area contributed by atoms with Crippen molar-refractivity contribution in [3.8, 4) is 11.6 Å². The Bertz CT molecular complexity index is 860. The zero-order valence-corrected chi connectivity index (χ0v) is 17.0. The van der Waals surface area contributed by atoms with Gasteiger partial charge < -0.3 is 14.8 Å². The molecule has 1 unspecified atom stereocenters. The van der Waals surface area contributed by atoms with Crippen molar-refractivity contribution in [1.82, 2.24) is 15.1 Å². The van der Waals surface area contributed by atoms with E-state index in [2.05, 4.69) is 10.4 Å². The van der Waals surface area contributed by atoms with Gasteiger partial charge in [-0.2, -0.15) is 13.2 Å². The molecule has 28 heavy (non-hydrogen) atoms. The number of rotatable bonds is 4. The lowest BCUT2D eigenvalue weighted by Gasteiger charge is -2.13. The van der Waals surface area contributed by atoms with E-state index in [-0.39, 0.29) is 27.8 Å². The van der Waals surface area contributed by atoms with Gasteiger partial charge in [0.25, 0.3) is 0 Å². The van der Waals surface area contributed by atoms with Gasteiger partial charge >= 0.3 is 6.18 Å². The highest BCUT2D eigenvalue weighted by molar-refractivity contribution is 7.80. The molecule has 2 heterocycles. The first kappa shape index (κ1) is 21.2. The van der Waals surface area contributed by atoms with E-state index in [1.807, 2.05) is 0 Å². The van der Waals surface area contributed by atoms with E-state index >= 15 is 0 Å². The van der Waals surface area contributed by atoms with Crippen molar-refractivity contribution in [2.75, 3.05) is 13.2 Å². The molecule has 1 aromatic carbocycles. The first-order valence-electron chi connectivity index (χ1n) is 8.35. The molecule has 11 heteroatoms. The number of thiocarbonyl (C=S) groups is 1. The van der Waals surface area contributed by atoms with Crippen LogP contribution in [0.25, 0.3) is 0 Å². The van der Waals surface area contributed by atoms with E-state index in [0.29, 0.717) is 17.4 Å². The van der Waals surface area contributed by atoms with Crippen LogP contribution in [0, 0.1) is 6.92 Å². The number of alkyl halides is 3. The molecule has 1 saturated heterocycles. The van der Waals surface area contributed by atoms with Crippen molar-refractivity contribution >= 4 is 40.5 Å². The summed E-state index contributed by atoms with van der Waals surface area (Å²) in [5, 5.41) is 7.10. The van der Waals surface area contributed by atoms with Crippen molar-refractivity contribution in [1.29, 1.82) is 0 Å². The highest BCUT2D eigenvalue weighted by Crippen LogP contribution is 2.41. The number of ether oxygens (including phenoxy) is 2. The molecule has 5 nitrogen and oxygen atoms in total. The number of hydrogen-bond acceptors (Lipinski definition) is 4. The van der Waals surface area contributed by atoms with Crippen LogP contribution >= 0.6 is 35.4 Å². The van der Waals surface area contributed by atoms with Gasteiger partial charge in [0.05, 0.1) is 21.7 Å². The number of hydrogen-bond donors (Lipinski definition) is 1. The van der Waals surface area contributed by atoms with Crippen LogP contribution in [0.3, 0.4) is 0 Å². The number of aryl methyl sites for hydroxylation is 1. The second-order valence-corrected chi connectivity index (χ2v) is 7.43. The molecule has 1 fully saturated rings. The molecule has 152 valence electrons. The Morgan fingerprint density at radius 2 is 2.04 bits per heavy atom. The van der Waals surface area contributed by atoms with Gasteiger partial charge in [-0.25, -0.2) is 4.68 Å². The van der Waals surface area contributed by atoms with Crippen molar-refractivity contribution < 1.29 is 22.6 Å². The maximum atomic E-state index is 12.8. The Hall–Kier alpha value is -1.55. The molecule has 0 aliphatic carbocycles. The number of nitrogens with one attached hydrogen (secondary N) is 1. The van der Waals surface area contributed by atoms with Crippen molar-refractivity contribution in [3.05, 3.63) is 39.5 Å². The predicted octanol–water partition coefficient (Wildman–Crippen LogP) is 5.21. The van der Waals surface area contributed by atoms with Crippen molar-refractivity contribution in [3.63, 3.8) is 0 Å². The zero-order valence-electron chi connectivity index (χ0n) is 14.6. The Morgan fingerprint density at radius 3 is 2.61 bits per heavy atom. The zero-order chi connectivity index (χ0) is 20.5. The van der Waals surface area contributed by atoms with Crippen LogP contribution < -0.4 is 10.1 Å². The first-order valence-corrected chi connectivity index (χ1v) is 9.52. The minimum atomic E-state index is -4.56. The predicted molar refractivity (Wildman–Crippen MR) is 103 cm³/mol. The van der Waals surface area contributed by atoms with Gasteiger partial charge in [-0.3, -0.25) is 0 Å². The average Bonchev–Trinajstić information content (AvgIpc) is 3.24. The SMILES string of the molecule is Cc1cc(Oc2c(Cl)cc(C(F)(F)F)cc2Cl)nn1C(=S)NCC1CCCO1. The summed E-state index contributed by atoms with van der Waals surface area (Å²) in [7, 11) is 0. The summed E-state index contributed by atoms with van der Waals surface area (Å²) in [5.41, 5.74) is -0.296. The molecule has 2 aromatic rings. The van der Waals surface area contributed by atoms with Gasteiger partial charge in [0, 0.05) is 24.9 Å². The monoisotopic (exact) mass is 453 g/mol. The molecule has 1 N–H and O–H groups in total. The van der Waals surface area contributed by atoms with Gasteiger partial charge in [-0.15, -0.1) is 5.10 Å². The topological polar surface area (TPSA) is 48.3 Å². The lowest BCUT2D eigenvalue weighted by atomic mass is 10.2. The third kappa shape index (κ3) is 4.89. The second-order valence-electron chi connectivity index (χ2n) is 6.23. The normalized spacial score (nSPS) is 17.0. The van der Waals surface area contributed by atoms with Crippen LogP contribution in [0.4, 0.5) is 13.2 Å².